The maximum atomic E-state index is 9.35. The molecule has 0 unspecified atom stereocenters. The van der Waals surface area contributed by atoms with Gasteiger partial charge < -0.3 is 15.9 Å². The van der Waals surface area contributed by atoms with E-state index in [0.29, 0.717) is 6.42 Å². The number of hydrogen-bond donors (Lipinski definition) is 3. The van der Waals surface area contributed by atoms with Crippen LogP contribution in [-0.2, 0) is 6.42 Å². The third-order valence-electron chi connectivity index (χ3n) is 2.09. The second kappa shape index (κ2) is 4.75. The van der Waals surface area contributed by atoms with Crippen molar-refractivity contribution in [3.05, 3.63) is 35.9 Å². The van der Waals surface area contributed by atoms with Crippen LogP contribution < -0.4 is 5.73 Å². The van der Waals surface area contributed by atoms with Gasteiger partial charge in [0.05, 0.1) is 11.9 Å². The SMILES string of the molecule is N[C@@H](Cc1ccccc1)C(O)(O)CCl. The lowest BCUT2D eigenvalue weighted by atomic mass is 10.0. The summed E-state index contributed by atoms with van der Waals surface area (Å²) in [6.07, 6.45) is 0.389. The van der Waals surface area contributed by atoms with Gasteiger partial charge in [-0.2, -0.15) is 0 Å². The first-order chi connectivity index (χ1) is 6.56. The van der Waals surface area contributed by atoms with Crippen molar-refractivity contribution >= 4 is 11.6 Å². The summed E-state index contributed by atoms with van der Waals surface area (Å²) in [6, 6.07) is 8.62. The summed E-state index contributed by atoms with van der Waals surface area (Å²) in [7, 11) is 0. The van der Waals surface area contributed by atoms with Gasteiger partial charge in [0, 0.05) is 0 Å². The molecule has 0 radical (unpaired) electrons. The van der Waals surface area contributed by atoms with Crippen LogP contribution in [0.15, 0.2) is 30.3 Å². The molecule has 3 nitrogen and oxygen atoms in total. The second-order valence-corrected chi connectivity index (χ2v) is 3.58. The summed E-state index contributed by atoms with van der Waals surface area (Å²) in [5.74, 6) is -2.29. The maximum absolute atomic E-state index is 9.35. The fraction of sp³-hybridized carbons (Fsp3) is 0.400. The third-order valence-corrected chi connectivity index (χ3v) is 2.48. The van der Waals surface area contributed by atoms with Gasteiger partial charge in [0.25, 0.3) is 0 Å². The monoisotopic (exact) mass is 215 g/mol. The predicted octanol–water partition coefficient (Wildman–Crippen LogP) is 0.476. The Hall–Kier alpha value is -0.610. The van der Waals surface area contributed by atoms with Crippen molar-refractivity contribution in [1.82, 2.24) is 0 Å². The summed E-state index contributed by atoms with van der Waals surface area (Å²) in [6.45, 7) is 0. The minimum atomic E-state index is -2.00. The van der Waals surface area contributed by atoms with Gasteiger partial charge >= 0.3 is 0 Å². The first-order valence-corrected chi connectivity index (χ1v) is 4.90. The third kappa shape index (κ3) is 2.96. The number of alkyl halides is 1. The quantitative estimate of drug-likeness (QED) is 0.506. The lowest BCUT2D eigenvalue weighted by Crippen LogP contribution is -2.50. The summed E-state index contributed by atoms with van der Waals surface area (Å²) in [5, 5.41) is 18.7. The van der Waals surface area contributed by atoms with E-state index in [1.165, 1.54) is 0 Å². The Morgan fingerprint density at radius 3 is 2.36 bits per heavy atom. The Kier molecular flexibility index (Phi) is 3.89. The van der Waals surface area contributed by atoms with Crippen molar-refractivity contribution in [2.24, 2.45) is 5.73 Å². The minimum Gasteiger partial charge on any atom is -0.363 e. The zero-order valence-corrected chi connectivity index (χ0v) is 8.48. The van der Waals surface area contributed by atoms with E-state index in [0.717, 1.165) is 5.56 Å². The van der Waals surface area contributed by atoms with Gasteiger partial charge in [0.2, 0.25) is 0 Å². The van der Waals surface area contributed by atoms with Crippen LogP contribution in [0.4, 0.5) is 0 Å². The Morgan fingerprint density at radius 1 is 1.29 bits per heavy atom. The van der Waals surface area contributed by atoms with Gasteiger partial charge in [0.1, 0.15) is 0 Å². The van der Waals surface area contributed by atoms with Crippen molar-refractivity contribution in [3.8, 4) is 0 Å². The summed E-state index contributed by atoms with van der Waals surface area (Å²) in [4.78, 5) is 0. The number of benzene rings is 1. The molecule has 0 saturated heterocycles. The van der Waals surface area contributed by atoms with Crippen molar-refractivity contribution < 1.29 is 10.2 Å². The van der Waals surface area contributed by atoms with E-state index < -0.39 is 11.8 Å². The topological polar surface area (TPSA) is 66.5 Å². The molecule has 4 heteroatoms. The molecule has 0 aliphatic carbocycles. The molecule has 0 heterocycles. The highest BCUT2D eigenvalue weighted by Crippen LogP contribution is 2.12. The molecule has 78 valence electrons. The summed E-state index contributed by atoms with van der Waals surface area (Å²) < 4.78 is 0. The normalized spacial score (nSPS) is 14.0. The molecular formula is C10H14ClNO2. The first kappa shape index (κ1) is 11.5. The average molecular weight is 216 g/mol. The Labute approximate surface area is 88.1 Å². The molecule has 0 bridgehead atoms. The lowest BCUT2D eigenvalue weighted by Gasteiger charge is -2.26. The molecule has 0 aliphatic heterocycles. The Bertz CT molecular complexity index is 277. The summed E-state index contributed by atoms with van der Waals surface area (Å²) in [5.41, 5.74) is 6.57. The van der Waals surface area contributed by atoms with E-state index >= 15 is 0 Å². The molecule has 0 amide bonds. The van der Waals surface area contributed by atoms with Crippen molar-refractivity contribution in [2.75, 3.05) is 5.88 Å². The van der Waals surface area contributed by atoms with E-state index in [1.807, 2.05) is 30.3 Å². The van der Waals surface area contributed by atoms with Gasteiger partial charge in [-0.3, -0.25) is 0 Å². The van der Waals surface area contributed by atoms with Crippen LogP contribution in [0, 0.1) is 0 Å². The van der Waals surface area contributed by atoms with Gasteiger partial charge in [0.15, 0.2) is 5.79 Å². The number of hydrogen-bond acceptors (Lipinski definition) is 3. The molecule has 1 atom stereocenters. The fourth-order valence-corrected chi connectivity index (χ4v) is 1.33. The van der Waals surface area contributed by atoms with Crippen molar-refractivity contribution in [3.63, 3.8) is 0 Å². The molecule has 0 aromatic heterocycles. The Morgan fingerprint density at radius 2 is 1.86 bits per heavy atom. The van der Waals surface area contributed by atoms with Crippen LogP contribution >= 0.6 is 11.6 Å². The van der Waals surface area contributed by atoms with Gasteiger partial charge in [-0.05, 0) is 12.0 Å². The molecule has 1 aromatic rings. The molecular weight excluding hydrogens is 202 g/mol. The number of rotatable bonds is 4. The standard InChI is InChI=1S/C10H14ClNO2/c11-7-10(13,14)9(12)6-8-4-2-1-3-5-8/h1-5,9,13-14H,6-7,12H2/t9-/m0/s1. The summed E-state index contributed by atoms with van der Waals surface area (Å²) >= 11 is 5.37. The number of aliphatic hydroxyl groups is 2. The van der Waals surface area contributed by atoms with E-state index in [1.54, 1.807) is 0 Å². The molecule has 14 heavy (non-hydrogen) atoms. The predicted molar refractivity (Wildman–Crippen MR) is 56.0 cm³/mol. The zero-order valence-electron chi connectivity index (χ0n) is 7.73. The van der Waals surface area contributed by atoms with Crippen LogP contribution in [0.3, 0.4) is 0 Å². The van der Waals surface area contributed by atoms with Crippen LogP contribution in [0.25, 0.3) is 0 Å². The van der Waals surface area contributed by atoms with Crippen LogP contribution in [-0.4, -0.2) is 27.9 Å². The molecule has 1 rings (SSSR count). The second-order valence-electron chi connectivity index (χ2n) is 3.31. The lowest BCUT2D eigenvalue weighted by molar-refractivity contribution is -0.157. The van der Waals surface area contributed by atoms with Crippen LogP contribution in [0.2, 0.25) is 0 Å². The highest BCUT2D eigenvalue weighted by atomic mass is 35.5. The van der Waals surface area contributed by atoms with Crippen LogP contribution in [0.5, 0.6) is 0 Å². The van der Waals surface area contributed by atoms with Crippen molar-refractivity contribution in [1.29, 1.82) is 0 Å². The van der Waals surface area contributed by atoms with E-state index in [4.69, 9.17) is 17.3 Å². The number of halogens is 1. The molecule has 0 fully saturated rings. The molecule has 1 aromatic carbocycles. The molecule has 0 saturated carbocycles. The van der Waals surface area contributed by atoms with E-state index in [9.17, 15) is 10.2 Å². The van der Waals surface area contributed by atoms with E-state index in [2.05, 4.69) is 0 Å². The number of nitrogens with two attached hydrogens (primary N) is 1. The molecule has 0 spiro atoms. The maximum Gasteiger partial charge on any atom is 0.192 e. The largest absolute Gasteiger partial charge is 0.363 e. The molecule has 4 N–H and O–H groups in total. The minimum absolute atomic E-state index is 0.291. The smallest absolute Gasteiger partial charge is 0.192 e. The highest BCUT2D eigenvalue weighted by molar-refractivity contribution is 6.18. The fourth-order valence-electron chi connectivity index (χ4n) is 1.13. The van der Waals surface area contributed by atoms with E-state index in [-0.39, 0.29) is 5.88 Å². The van der Waals surface area contributed by atoms with Gasteiger partial charge in [-0.15, -0.1) is 11.6 Å². The molecule has 0 aliphatic rings. The van der Waals surface area contributed by atoms with Crippen molar-refractivity contribution in [2.45, 2.75) is 18.2 Å². The van der Waals surface area contributed by atoms with Crippen LogP contribution in [0.1, 0.15) is 5.56 Å². The highest BCUT2D eigenvalue weighted by Gasteiger charge is 2.30. The Balaban J connectivity index is 2.62. The first-order valence-electron chi connectivity index (χ1n) is 4.36. The van der Waals surface area contributed by atoms with Gasteiger partial charge in [-0.25, -0.2) is 0 Å². The van der Waals surface area contributed by atoms with Gasteiger partial charge in [-0.1, -0.05) is 30.3 Å². The average Bonchev–Trinajstić information content (AvgIpc) is 2.19. The zero-order chi connectivity index (χ0) is 10.6.